The van der Waals surface area contributed by atoms with Crippen LogP contribution in [-0.2, 0) is 11.2 Å². The van der Waals surface area contributed by atoms with Gasteiger partial charge in [-0.25, -0.2) is 0 Å². The quantitative estimate of drug-likeness (QED) is 0.706. The van der Waals surface area contributed by atoms with Gasteiger partial charge in [0.25, 0.3) is 11.8 Å². The van der Waals surface area contributed by atoms with Crippen molar-refractivity contribution in [2.45, 2.75) is 57.0 Å². The van der Waals surface area contributed by atoms with Crippen LogP contribution in [0.25, 0.3) is 0 Å². The van der Waals surface area contributed by atoms with E-state index in [1.807, 2.05) is 35.2 Å². The molecule has 0 bridgehead atoms. The summed E-state index contributed by atoms with van der Waals surface area (Å²) in [5.41, 5.74) is 1.75. The Morgan fingerprint density at radius 2 is 1.45 bits per heavy atom. The summed E-state index contributed by atoms with van der Waals surface area (Å²) in [6, 6.07) is 16.0. The Balaban J connectivity index is 1.50. The van der Waals surface area contributed by atoms with Crippen LogP contribution in [0.4, 0.5) is 0 Å². The van der Waals surface area contributed by atoms with Crippen molar-refractivity contribution in [2.75, 3.05) is 6.54 Å². The molecule has 2 fully saturated rings. The maximum atomic E-state index is 14.0. The van der Waals surface area contributed by atoms with Crippen LogP contribution in [0, 0.1) is 5.92 Å². The number of rotatable bonds is 4. The Morgan fingerprint density at radius 1 is 0.839 bits per heavy atom. The molecule has 1 aliphatic carbocycles. The molecule has 2 aromatic rings. The lowest BCUT2D eigenvalue weighted by atomic mass is 9.78. The highest BCUT2D eigenvalue weighted by Gasteiger charge is 2.46. The van der Waals surface area contributed by atoms with Crippen LogP contribution < -0.4 is 0 Å². The van der Waals surface area contributed by atoms with Crippen molar-refractivity contribution >= 4 is 17.7 Å². The normalized spacial score (nSPS) is 24.0. The largest absolute Gasteiger partial charge is 0.338 e. The Kier molecular flexibility index (Phi) is 5.34. The van der Waals surface area contributed by atoms with E-state index in [4.69, 9.17) is 0 Å². The summed E-state index contributed by atoms with van der Waals surface area (Å²) in [5, 5.41) is 0. The zero-order chi connectivity index (χ0) is 21.4. The number of carbonyl (C=O) groups is 3. The molecule has 3 atom stereocenters. The van der Waals surface area contributed by atoms with E-state index >= 15 is 0 Å². The van der Waals surface area contributed by atoms with Crippen LogP contribution in [0.1, 0.15) is 64.8 Å². The van der Waals surface area contributed by atoms with Crippen molar-refractivity contribution in [3.63, 3.8) is 0 Å². The predicted molar refractivity (Wildman–Crippen MR) is 118 cm³/mol. The van der Waals surface area contributed by atoms with Gasteiger partial charge < -0.3 is 4.90 Å². The number of hydrogen-bond acceptors (Lipinski definition) is 3. The van der Waals surface area contributed by atoms with Gasteiger partial charge in [-0.2, -0.15) is 0 Å². The van der Waals surface area contributed by atoms with Crippen molar-refractivity contribution in [2.24, 2.45) is 5.92 Å². The van der Waals surface area contributed by atoms with Crippen LogP contribution in [0.3, 0.4) is 0 Å². The number of hydrogen-bond donors (Lipinski definition) is 0. The number of amides is 3. The maximum Gasteiger partial charge on any atom is 0.262 e. The van der Waals surface area contributed by atoms with Gasteiger partial charge in [0.15, 0.2) is 0 Å². The van der Waals surface area contributed by atoms with Crippen LogP contribution >= 0.6 is 0 Å². The summed E-state index contributed by atoms with van der Waals surface area (Å²) >= 11 is 0. The molecule has 5 heteroatoms. The van der Waals surface area contributed by atoms with Gasteiger partial charge in [0.2, 0.25) is 5.91 Å². The Hall–Kier alpha value is -2.95. The average molecular weight is 417 g/mol. The van der Waals surface area contributed by atoms with E-state index in [-0.39, 0.29) is 23.8 Å². The first-order chi connectivity index (χ1) is 15.1. The zero-order valence-corrected chi connectivity index (χ0v) is 17.7. The lowest BCUT2D eigenvalue weighted by Gasteiger charge is -2.45. The number of imide groups is 1. The summed E-state index contributed by atoms with van der Waals surface area (Å²) < 4.78 is 0. The Labute approximate surface area is 183 Å². The predicted octanol–water partition coefficient (Wildman–Crippen LogP) is 4.08. The monoisotopic (exact) mass is 416 g/mol. The van der Waals surface area contributed by atoms with Gasteiger partial charge >= 0.3 is 0 Å². The number of piperidine rings is 1. The molecule has 0 radical (unpaired) electrons. The number of likely N-dealkylation sites (tertiary alicyclic amines) is 1. The molecule has 5 rings (SSSR count). The molecular weight excluding hydrogens is 388 g/mol. The highest BCUT2D eigenvalue weighted by atomic mass is 16.2. The first kappa shape index (κ1) is 20.0. The lowest BCUT2D eigenvalue weighted by molar-refractivity contribution is -0.141. The van der Waals surface area contributed by atoms with Crippen molar-refractivity contribution in [1.82, 2.24) is 9.80 Å². The molecule has 0 unspecified atom stereocenters. The van der Waals surface area contributed by atoms with E-state index in [2.05, 4.69) is 0 Å². The van der Waals surface area contributed by atoms with Gasteiger partial charge in [-0.05, 0) is 49.3 Å². The Morgan fingerprint density at radius 3 is 2.16 bits per heavy atom. The van der Waals surface area contributed by atoms with Gasteiger partial charge in [0, 0.05) is 19.0 Å². The molecule has 0 N–H and O–H groups in total. The summed E-state index contributed by atoms with van der Waals surface area (Å²) in [4.78, 5) is 43.7. The number of fused-ring (bicyclic) bond motifs is 2. The molecule has 3 amide bonds. The van der Waals surface area contributed by atoms with E-state index in [0.29, 0.717) is 30.0 Å². The van der Waals surface area contributed by atoms with Crippen molar-refractivity contribution in [3.8, 4) is 0 Å². The van der Waals surface area contributed by atoms with Crippen molar-refractivity contribution in [3.05, 3.63) is 71.3 Å². The fourth-order valence-corrected chi connectivity index (χ4v) is 5.71. The second-order valence-corrected chi connectivity index (χ2v) is 9.02. The summed E-state index contributed by atoms with van der Waals surface area (Å²) in [7, 11) is 0. The first-order valence-corrected chi connectivity index (χ1v) is 11.5. The maximum absolute atomic E-state index is 14.0. The summed E-state index contributed by atoms with van der Waals surface area (Å²) in [6.45, 7) is 0.717. The first-order valence-electron chi connectivity index (χ1n) is 11.5. The molecule has 2 heterocycles. The molecule has 5 nitrogen and oxygen atoms in total. The molecular formula is C26H28N2O3. The van der Waals surface area contributed by atoms with Gasteiger partial charge in [-0.15, -0.1) is 0 Å². The van der Waals surface area contributed by atoms with Crippen molar-refractivity contribution in [1.29, 1.82) is 0 Å². The van der Waals surface area contributed by atoms with Gasteiger partial charge in [0.1, 0.15) is 6.04 Å². The van der Waals surface area contributed by atoms with Crippen LogP contribution in [-0.4, -0.2) is 46.1 Å². The van der Waals surface area contributed by atoms with E-state index in [1.54, 1.807) is 24.3 Å². The fourth-order valence-electron chi connectivity index (χ4n) is 5.71. The molecule has 3 aliphatic rings. The molecule has 31 heavy (non-hydrogen) atoms. The molecule has 0 spiro atoms. The standard InChI is InChI=1S/C26H28N2O3/c29-24-20-13-5-6-14-21(20)25(30)28(24)23(17-18-9-2-1-3-10-18)26(31)27-16-8-12-19-11-4-7-15-22(19)27/h1-3,5-6,9-10,13-14,19,22-23H,4,7-8,11-12,15-17H2/t19-,22-,23+/m1/s1. The summed E-state index contributed by atoms with van der Waals surface area (Å²) in [6.07, 6.45) is 7.08. The number of nitrogens with zero attached hydrogens (tertiary/aromatic N) is 2. The topological polar surface area (TPSA) is 57.7 Å². The zero-order valence-electron chi connectivity index (χ0n) is 17.7. The lowest BCUT2D eigenvalue weighted by Crippen LogP contribution is -2.58. The molecule has 2 aliphatic heterocycles. The third kappa shape index (κ3) is 3.56. The van der Waals surface area contributed by atoms with Gasteiger partial charge in [0.05, 0.1) is 11.1 Å². The molecule has 0 aromatic heterocycles. The third-order valence-electron chi connectivity index (χ3n) is 7.22. The van der Waals surface area contributed by atoms with Crippen LogP contribution in [0.15, 0.2) is 54.6 Å². The summed E-state index contributed by atoms with van der Waals surface area (Å²) in [5.74, 6) is -0.236. The minimum absolute atomic E-state index is 0.0741. The van der Waals surface area contributed by atoms with Gasteiger partial charge in [-0.1, -0.05) is 55.3 Å². The van der Waals surface area contributed by atoms with Gasteiger partial charge in [-0.3, -0.25) is 19.3 Å². The highest BCUT2D eigenvalue weighted by molar-refractivity contribution is 6.22. The molecule has 2 aromatic carbocycles. The smallest absolute Gasteiger partial charge is 0.262 e. The molecule has 160 valence electrons. The number of benzene rings is 2. The Bertz CT molecular complexity index is 966. The van der Waals surface area contributed by atoms with Crippen LogP contribution in [0.2, 0.25) is 0 Å². The molecule has 1 saturated heterocycles. The average Bonchev–Trinajstić information content (AvgIpc) is 3.07. The van der Waals surface area contributed by atoms with E-state index in [0.717, 1.165) is 24.8 Å². The SMILES string of the molecule is O=C([C@H](Cc1ccccc1)N1C(=O)c2ccccc2C1=O)N1CCC[C@H]2CCCC[C@H]21. The fraction of sp³-hybridized carbons (Fsp3) is 0.423. The minimum Gasteiger partial charge on any atom is -0.338 e. The van der Waals surface area contributed by atoms with E-state index in [9.17, 15) is 14.4 Å². The second-order valence-electron chi connectivity index (χ2n) is 9.02. The molecule has 1 saturated carbocycles. The third-order valence-corrected chi connectivity index (χ3v) is 7.22. The van der Waals surface area contributed by atoms with E-state index < -0.39 is 6.04 Å². The number of carbonyl (C=O) groups excluding carboxylic acids is 3. The second kappa shape index (κ2) is 8.29. The minimum atomic E-state index is -0.810. The van der Waals surface area contributed by atoms with E-state index in [1.165, 1.54) is 24.2 Å². The van der Waals surface area contributed by atoms with Crippen LogP contribution in [0.5, 0.6) is 0 Å². The highest BCUT2D eigenvalue weighted by Crippen LogP contribution is 2.36. The van der Waals surface area contributed by atoms with Crippen molar-refractivity contribution < 1.29 is 14.4 Å².